The third kappa shape index (κ3) is 4.37. The van der Waals surface area contributed by atoms with Gasteiger partial charge >= 0.3 is 0 Å². The number of carbonyl (C=O) groups excluding carboxylic acids is 1. The molecule has 0 unspecified atom stereocenters. The van der Waals surface area contributed by atoms with Gasteiger partial charge in [-0.05, 0) is 48.5 Å². The second kappa shape index (κ2) is 8.54. The topological polar surface area (TPSA) is 113 Å². The Labute approximate surface area is 191 Å². The Kier molecular flexibility index (Phi) is 5.76. The highest BCUT2D eigenvalue weighted by Crippen LogP contribution is 2.32. The van der Waals surface area contributed by atoms with E-state index in [1.807, 2.05) is 6.07 Å². The summed E-state index contributed by atoms with van der Waals surface area (Å²) in [7, 11) is -4.27. The lowest BCUT2D eigenvalue weighted by Gasteiger charge is -2.13. The van der Waals surface area contributed by atoms with Crippen molar-refractivity contribution in [2.45, 2.75) is 4.90 Å². The van der Waals surface area contributed by atoms with Crippen LogP contribution in [0.4, 0.5) is 14.5 Å². The normalized spacial score (nSPS) is 11.2. The van der Waals surface area contributed by atoms with E-state index in [1.54, 1.807) is 0 Å². The van der Waals surface area contributed by atoms with Gasteiger partial charge in [0.2, 0.25) is 0 Å². The van der Waals surface area contributed by atoms with Crippen LogP contribution < -0.4 is 4.72 Å². The fourth-order valence-corrected chi connectivity index (χ4v) is 4.47. The van der Waals surface area contributed by atoms with Crippen LogP contribution in [0.1, 0.15) is 21.6 Å². The Morgan fingerprint density at radius 2 is 1.85 bits per heavy atom. The summed E-state index contributed by atoms with van der Waals surface area (Å²) in [5, 5.41) is 8.51. The molecule has 0 saturated heterocycles. The fraction of sp³-hybridized carbons (Fsp3) is 0. The first-order valence-corrected chi connectivity index (χ1v) is 11.0. The number of hydrogen-bond donors (Lipinski definition) is 1. The summed E-state index contributed by atoms with van der Waals surface area (Å²) in [4.78, 5) is 20.8. The average molecular weight is 485 g/mol. The van der Waals surface area contributed by atoms with Gasteiger partial charge in [0.05, 0.1) is 38.4 Å². The molecule has 164 valence electrons. The monoisotopic (exact) mass is 484 g/mol. The summed E-state index contributed by atoms with van der Waals surface area (Å²) < 4.78 is 55.4. The first-order valence-electron chi connectivity index (χ1n) is 9.17. The van der Waals surface area contributed by atoms with Crippen LogP contribution in [0.15, 0.2) is 65.7 Å². The fourth-order valence-electron chi connectivity index (χ4n) is 3.03. The lowest BCUT2D eigenvalue weighted by molar-refractivity contribution is 0.103. The van der Waals surface area contributed by atoms with Gasteiger partial charge in [-0.3, -0.25) is 14.5 Å². The Balaban J connectivity index is 1.75. The molecular weight excluding hydrogens is 474 g/mol. The smallest absolute Gasteiger partial charge is 0.262 e. The van der Waals surface area contributed by atoms with Crippen molar-refractivity contribution in [1.82, 2.24) is 9.97 Å². The number of hydrogen-bond acceptors (Lipinski definition) is 6. The maximum absolute atomic E-state index is 14.6. The number of halogens is 3. The van der Waals surface area contributed by atoms with E-state index in [4.69, 9.17) is 16.9 Å². The molecule has 0 fully saturated rings. The van der Waals surface area contributed by atoms with E-state index < -0.39 is 38.0 Å². The number of carbonyl (C=O) groups is 1. The molecule has 33 heavy (non-hydrogen) atoms. The van der Waals surface area contributed by atoms with Crippen molar-refractivity contribution in [3.8, 4) is 6.07 Å². The number of rotatable bonds is 5. The molecule has 1 heterocycles. The first-order chi connectivity index (χ1) is 15.7. The summed E-state index contributed by atoms with van der Waals surface area (Å²) in [6, 6.07) is 12.2. The van der Waals surface area contributed by atoms with Crippen LogP contribution in [0, 0.1) is 23.0 Å². The Hall–Kier alpha value is -3.94. The lowest BCUT2D eigenvalue weighted by atomic mass is 10.0. The van der Waals surface area contributed by atoms with Crippen molar-refractivity contribution in [2.75, 3.05) is 4.72 Å². The van der Waals surface area contributed by atoms with Crippen LogP contribution in [-0.4, -0.2) is 24.2 Å². The molecule has 0 aliphatic heterocycles. The molecule has 0 saturated carbocycles. The van der Waals surface area contributed by atoms with Gasteiger partial charge in [0.15, 0.2) is 11.5 Å². The standard InChI is InChI=1S/C22H11ClF2N4O3S/c23-21-18(29-33(31,32)15-3-1-2-13(24)9-15)7-5-16(25)20(21)22(30)12-4-6-17-19(8-12)28-14(10-26)11-27-17/h1-9,11,29H. The molecule has 0 radical (unpaired) electrons. The molecule has 3 aromatic carbocycles. The van der Waals surface area contributed by atoms with E-state index in [-0.39, 0.29) is 27.4 Å². The van der Waals surface area contributed by atoms with Crippen molar-refractivity contribution in [2.24, 2.45) is 0 Å². The number of nitrogens with zero attached hydrogens (tertiary/aromatic N) is 3. The summed E-state index contributed by atoms with van der Waals surface area (Å²) in [5.41, 5.74) is -0.158. The highest BCUT2D eigenvalue weighted by atomic mass is 35.5. The molecule has 4 rings (SSSR count). The van der Waals surface area contributed by atoms with Crippen LogP contribution in [-0.2, 0) is 10.0 Å². The van der Waals surface area contributed by atoms with Crippen LogP contribution in [0.5, 0.6) is 0 Å². The molecule has 1 aromatic heterocycles. The van der Waals surface area contributed by atoms with E-state index in [2.05, 4.69) is 14.7 Å². The summed E-state index contributed by atoms with van der Waals surface area (Å²) >= 11 is 6.22. The Morgan fingerprint density at radius 1 is 1.06 bits per heavy atom. The molecule has 4 aromatic rings. The van der Waals surface area contributed by atoms with Gasteiger partial charge in [0.25, 0.3) is 10.0 Å². The SMILES string of the molecule is N#Cc1cnc2ccc(C(=O)c3c(F)ccc(NS(=O)(=O)c4cccc(F)c4)c3Cl)cc2n1. The zero-order valence-corrected chi connectivity index (χ0v) is 18.0. The number of nitrogens with one attached hydrogen (secondary N) is 1. The van der Waals surface area contributed by atoms with Crippen molar-refractivity contribution in [3.63, 3.8) is 0 Å². The number of nitriles is 1. The van der Waals surface area contributed by atoms with Gasteiger partial charge in [-0.15, -0.1) is 0 Å². The van der Waals surface area contributed by atoms with Crippen molar-refractivity contribution in [1.29, 1.82) is 5.26 Å². The van der Waals surface area contributed by atoms with Crippen LogP contribution >= 0.6 is 11.6 Å². The zero-order chi connectivity index (χ0) is 23.8. The summed E-state index contributed by atoms with van der Waals surface area (Å²) in [6.07, 6.45) is 1.27. The zero-order valence-electron chi connectivity index (χ0n) is 16.4. The molecule has 0 aliphatic carbocycles. The van der Waals surface area contributed by atoms with Crippen LogP contribution in [0.25, 0.3) is 11.0 Å². The highest BCUT2D eigenvalue weighted by molar-refractivity contribution is 7.92. The van der Waals surface area contributed by atoms with E-state index in [0.29, 0.717) is 5.52 Å². The van der Waals surface area contributed by atoms with Crippen molar-refractivity contribution < 1.29 is 22.0 Å². The Bertz CT molecular complexity index is 1590. The lowest BCUT2D eigenvalue weighted by Crippen LogP contribution is -2.15. The van der Waals surface area contributed by atoms with Gasteiger partial charge in [-0.2, -0.15) is 5.26 Å². The molecule has 0 atom stereocenters. The minimum absolute atomic E-state index is 0.00201. The van der Waals surface area contributed by atoms with Gasteiger partial charge in [-0.25, -0.2) is 22.2 Å². The van der Waals surface area contributed by atoms with E-state index in [9.17, 15) is 22.0 Å². The average Bonchev–Trinajstić information content (AvgIpc) is 2.80. The minimum atomic E-state index is -4.27. The predicted octanol–water partition coefficient (Wildman–Crippen LogP) is 4.46. The molecule has 0 bridgehead atoms. The molecule has 0 aliphatic rings. The van der Waals surface area contributed by atoms with E-state index in [0.717, 1.165) is 24.3 Å². The number of anilines is 1. The second-order valence-corrected chi connectivity index (χ2v) is 8.81. The van der Waals surface area contributed by atoms with Crippen molar-refractivity contribution in [3.05, 3.63) is 94.3 Å². The molecule has 7 nitrogen and oxygen atoms in total. The molecular formula is C22H11ClF2N4O3S. The maximum Gasteiger partial charge on any atom is 0.262 e. The van der Waals surface area contributed by atoms with Gasteiger partial charge in [0.1, 0.15) is 17.7 Å². The highest BCUT2D eigenvalue weighted by Gasteiger charge is 2.24. The second-order valence-electron chi connectivity index (χ2n) is 6.75. The van der Waals surface area contributed by atoms with Gasteiger partial charge in [0, 0.05) is 5.56 Å². The third-order valence-corrected chi connectivity index (χ3v) is 6.34. The third-order valence-electron chi connectivity index (χ3n) is 4.59. The predicted molar refractivity (Wildman–Crippen MR) is 116 cm³/mol. The quantitative estimate of drug-likeness (QED) is 0.418. The Morgan fingerprint density at radius 3 is 2.58 bits per heavy atom. The maximum atomic E-state index is 14.6. The number of aromatic nitrogens is 2. The van der Waals surface area contributed by atoms with E-state index in [1.165, 1.54) is 36.5 Å². The number of benzene rings is 3. The van der Waals surface area contributed by atoms with Gasteiger partial charge in [-0.1, -0.05) is 17.7 Å². The number of ketones is 1. The minimum Gasteiger partial charge on any atom is -0.288 e. The molecule has 0 amide bonds. The van der Waals surface area contributed by atoms with Gasteiger partial charge < -0.3 is 0 Å². The van der Waals surface area contributed by atoms with Crippen molar-refractivity contribution >= 4 is 44.1 Å². The number of fused-ring (bicyclic) bond motifs is 1. The van der Waals surface area contributed by atoms with Crippen LogP contribution in [0.3, 0.4) is 0 Å². The van der Waals surface area contributed by atoms with E-state index >= 15 is 0 Å². The summed E-state index contributed by atoms with van der Waals surface area (Å²) in [6.45, 7) is 0. The first kappa shape index (κ1) is 22.3. The number of sulfonamides is 1. The molecule has 0 spiro atoms. The summed E-state index contributed by atoms with van der Waals surface area (Å²) in [5.74, 6) is -2.58. The molecule has 11 heteroatoms. The van der Waals surface area contributed by atoms with Crippen LogP contribution in [0.2, 0.25) is 5.02 Å². The molecule has 1 N–H and O–H groups in total. The largest absolute Gasteiger partial charge is 0.288 e.